The van der Waals surface area contributed by atoms with Crippen LogP contribution in [0.15, 0.2) is 29.2 Å². The fourth-order valence-corrected chi connectivity index (χ4v) is 2.86. The smallest absolute Gasteiger partial charge is 0.132 e. The van der Waals surface area contributed by atoms with Crippen LogP contribution in [0.4, 0.5) is 0 Å². The predicted octanol–water partition coefficient (Wildman–Crippen LogP) is 2.93. The molecule has 108 valence electrons. The van der Waals surface area contributed by atoms with Crippen LogP contribution in [0.5, 0.6) is 5.75 Å². The van der Waals surface area contributed by atoms with Crippen LogP contribution in [0, 0.1) is 0 Å². The number of benzene rings is 1. The lowest BCUT2D eigenvalue weighted by Gasteiger charge is -2.26. The van der Waals surface area contributed by atoms with E-state index in [1.807, 2.05) is 37.0 Å². The van der Waals surface area contributed by atoms with E-state index >= 15 is 0 Å². The van der Waals surface area contributed by atoms with Crippen molar-refractivity contribution in [1.29, 1.82) is 0 Å². The van der Waals surface area contributed by atoms with E-state index in [1.54, 1.807) is 7.11 Å². The molecule has 1 rings (SSSR count). The normalized spacial score (nSPS) is 14.1. The summed E-state index contributed by atoms with van der Waals surface area (Å²) in [5.74, 6) is 2.02. The van der Waals surface area contributed by atoms with E-state index in [0.29, 0.717) is 0 Å². The van der Waals surface area contributed by atoms with Gasteiger partial charge in [-0.05, 0) is 44.7 Å². The van der Waals surface area contributed by atoms with E-state index in [-0.39, 0.29) is 12.1 Å². The Morgan fingerprint density at radius 1 is 1.32 bits per heavy atom. The summed E-state index contributed by atoms with van der Waals surface area (Å²) in [5, 5.41) is 12.5. The van der Waals surface area contributed by atoms with Crippen molar-refractivity contribution in [3.63, 3.8) is 0 Å². The number of ether oxygens (including phenoxy) is 1. The highest BCUT2D eigenvalue weighted by Gasteiger charge is 2.19. The van der Waals surface area contributed by atoms with Crippen molar-refractivity contribution in [1.82, 2.24) is 5.32 Å². The molecule has 0 aliphatic carbocycles. The summed E-state index contributed by atoms with van der Waals surface area (Å²) in [5.41, 5.74) is -0.144. The van der Waals surface area contributed by atoms with Gasteiger partial charge in [-0.15, -0.1) is 11.8 Å². The van der Waals surface area contributed by atoms with E-state index in [4.69, 9.17) is 4.74 Å². The number of nitrogens with one attached hydrogen (secondary N) is 1. The van der Waals surface area contributed by atoms with Gasteiger partial charge in [0.1, 0.15) is 5.75 Å². The molecule has 1 aromatic rings. The molecule has 3 nitrogen and oxygen atoms in total. The quantitative estimate of drug-likeness (QED) is 0.540. The summed E-state index contributed by atoms with van der Waals surface area (Å²) in [6.45, 7) is 2.24. The number of likely N-dealkylation sites (N-methyl/N-ethyl adjacent to an activating group) is 1. The minimum absolute atomic E-state index is 0.144. The first-order chi connectivity index (χ1) is 9.15. The maximum Gasteiger partial charge on any atom is 0.132 e. The average Bonchev–Trinajstić information content (AvgIpc) is 2.47. The van der Waals surface area contributed by atoms with Crippen molar-refractivity contribution in [2.45, 2.75) is 36.6 Å². The van der Waals surface area contributed by atoms with Crippen molar-refractivity contribution < 1.29 is 9.84 Å². The molecule has 19 heavy (non-hydrogen) atoms. The van der Waals surface area contributed by atoms with Crippen LogP contribution in [-0.4, -0.2) is 37.2 Å². The molecule has 0 aliphatic rings. The number of hydrogen-bond acceptors (Lipinski definition) is 4. The third-order valence-electron chi connectivity index (χ3n) is 3.40. The van der Waals surface area contributed by atoms with Crippen LogP contribution in [0.25, 0.3) is 0 Å². The monoisotopic (exact) mass is 283 g/mol. The molecule has 0 aliphatic heterocycles. The third kappa shape index (κ3) is 5.43. The van der Waals surface area contributed by atoms with E-state index in [1.165, 1.54) is 4.90 Å². The van der Waals surface area contributed by atoms with Gasteiger partial charge in [0, 0.05) is 10.4 Å². The van der Waals surface area contributed by atoms with E-state index in [0.717, 1.165) is 30.8 Å². The number of unbranched alkanes of at least 4 members (excludes halogenated alkanes) is 1. The van der Waals surface area contributed by atoms with Gasteiger partial charge in [-0.2, -0.15) is 0 Å². The molecule has 0 amide bonds. The molecule has 0 spiro atoms. The van der Waals surface area contributed by atoms with Gasteiger partial charge in [-0.1, -0.05) is 18.6 Å². The summed E-state index contributed by atoms with van der Waals surface area (Å²) < 4.78 is 5.33. The van der Waals surface area contributed by atoms with Crippen molar-refractivity contribution >= 4 is 11.8 Å². The predicted molar refractivity (Wildman–Crippen MR) is 82.1 cm³/mol. The lowest BCUT2D eigenvalue weighted by atomic mass is 9.96. The number of hydrogen-bond donors (Lipinski definition) is 2. The molecule has 2 N–H and O–H groups in total. The topological polar surface area (TPSA) is 41.5 Å². The zero-order valence-electron chi connectivity index (χ0n) is 12.1. The Hall–Kier alpha value is -0.710. The van der Waals surface area contributed by atoms with Gasteiger partial charge < -0.3 is 15.2 Å². The van der Waals surface area contributed by atoms with Crippen molar-refractivity contribution in [3.05, 3.63) is 24.3 Å². The second-order valence-corrected chi connectivity index (χ2v) is 6.06. The second-order valence-electron chi connectivity index (χ2n) is 4.93. The maximum absolute atomic E-state index is 9.30. The van der Waals surface area contributed by atoms with Gasteiger partial charge >= 0.3 is 0 Å². The summed E-state index contributed by atoms with van der Waals surface area (Å²) in [6, 6.07) is 8.11. The van der Waals surface area contributed by atoms with Crippen molar-refractivity contribution in [3.8, 4) is 5.75 Å². The largest absolute Gasteiger partial charge is 0.496 e. The molecular weight excluding hydrogens is 258 g/mol. The number of para-hydroxylation sites is 1. The number of thioether (sulfide) groups is 1. The Morgan fingerprint density at radius 3 is 2.68 bits per heavy atom. The van der Waals surface area contributed by atoms with E-state index < -0.39 is 0 Å². The van der Waals surface area contributed by atoms with Crippen LogP contribution in [0.3, 0.4) is 0 Å². The molecular formula is C15H25NO2S. The minimum Gasteiger partial charge on any atom is -0.496 e. The van der Waals surface area contributed by atoms with E-state index in [2.05, 4.69) is 18.3 Å². The molecule has 1 unspecified atom stereocenters. The number of rotatable bonds is 9. The molecule has 4 heteroatoms. The number of aliphatic hydroxyl groups excluding tert-OH is 1. The highest BCUT2D eigenvalue weighted by molar-refractivity contribution is 7.99. The lowest BCUT2D eigenvalue weighted by Crippen LogP contribution is -2.43. The van der Waals surface area contributed by atoms with Gasteiger partial charge in [0.15, 0.2) is 0 Å². The zero-order valence-corrected chi connectivity index (χ0v) is 12.9. The first kappa shape index (κ1) is 16.3. The van der Waals surface area contributed by atoms with Crippen LogP contribution in [-0.2, 0) is 0 Å². The van der Waals surface area contributed by atoms with Gasteiger partial charge in [0.25, 0.3) is 0 Å². The molecule has 0 saturated carbocycles. The average molecular weight is 283 g/mol. The summed E-state index contributed by atoms with van der Waals surface area (Å²) in [4.78, 5) is 1.20. The van der Waals surface area contributed by atoms with Crippen molar-refractivity contribution in [2.75, 3.05) is 26.5 Å². The Kier molecular flexibility index (Phi) is 7.28. The highest BCUT2D eigenvalue weighted by Crippen LogP contribution is 2.29. The SMILES string of the molecule is CNC(C)(CO)CCCCSc1ccccc1OC. The zero-order chi connectivity index (χ0) is 14.1. The lowest BCUT2D eigenvalue weighted by molar-refractivity contribution is 0.171. The number of aliphatic hydroxyl groups is 1. The van der Waals surface area contributed by atoms with Gasteiger partial charge in [0.05, 0.1) is 13.7 Å². The molecule has 0 bridgehead atoms. The first-order valence-electron chi connectivity index (χ1n) is 6.71. The fraction of sp³-hybridized carbons (Fsp3) is 0.600. The van der Waals surface area contributed by atoms with E-state index in [9.17, 15) is 5.11 Å². The minimum atomic E-state index is -0.144. The highest BCUT2D eigenvalue weighted by atomic mass is 32.2. The Balaban J connectivity index is 2.28. The van der Waals surface area contributed by atoms with Crippen LogP contribution in [0.1, 0.15) is 26.2 Å². The Labute approximate surface area is 120 Å². The molecule has 1 atom stereocenters. The van der Waals surface area contributed by atoms with Gasteiger partial charge in [-0.3, -0.25) is 0 Å². The molecule has 0 aromatic heterocycles. The maximum atomic E-state index is 9.30. The molecule has 0 saturated heterocycles. The van der Waals surface area contributed by atoms with Crippen LogP contribution < -0.4 is 10.1 Å². The molecule has 0 fully saturated rings. The standard InChI is InChI=1S/C15H25NO2S/c1-15(12-17,16-2)10-6-7-11-19-14-9-5-4-8-13(14)18-3/h4-5,8-9,16-17H,6-7,10-12H2,1-3H3. The second kappa shape index (κ2) is 8.46. The Bertz CT molecular complexity index is 367. The molecule has 0 radical (unpaired) electrons. The number of methoxy groups -OCH3 is 1. The molecule has 1 aromatic carbocycles. The fourth-order valence-electron chi connectivity index (χ4n) is 1.82. The van der Waals surface area contributed by atoms with Crippen LogP contribution >= 0.6 is 11.8 Å². The first-order valence-corrected chi connectivity index (χ1v) is 7.69. The molecule has 0 heterocycles. The summed E-state index contributed by atoms with van der Waals surface area (Å²) in [7, 11) is 3.61. The van der Waals surface area contributed by atoms with Gasteiger partial charge in [0.2, 0.25) is 0 Å². The third-order valence-corrected chi connectivity index (χ3v) is 4.54. The Morgan fingerprint density at radius 2 is 2.05 bits per heavy atom. The van der Waals surface area contributed by atoms with Crippen LogP contribution in [0.2, 0.25) is 0 Å². The van der Waals surface area contributed by atoms with Crippen molar-refractivity contribution in [2.24, 2.45) is 0 Å². The summed E-state index contributed by atoms with van der Waals surface area (Å²) >= 11 is 1.83. The van der Waals surface area contributed by atoms with Gasteiger partial charge in [-0.25, -0.2) is 0 Å². The summed E-state index contributed by atoms with van der Waals surface area (Å²) in [6.07, 6.45) is 3.24.